The largest absolute Gasteiger partial charge is 0.269 e. The van der Waals surface area contributed by atoms with Crippen molar-refractivity contribution in [3.8, 4) is 0 Å². The maximum absolute atomic E-state index is 13.2. The molecule has 1 heterocycles. The van der Waals surface area contributed by atoms with Crippen LogP contribution < -0.4 is 5.14 Å². The summed E-state index contributed by atoms with van der Waals surface area (Å²) in [4.78, 5) is 12.0. The molecule has 0 bridgehead atoms. The van der Waals surface area contributed by atoms with Gasteiger partial charge < -0.3 is 0 Å². The van der Waals surface area contributed by atoms with Gasteiger partial charge in [-0.2, -0.15) is 0 Å². The standard InChI is InChI=1S/C16H13FN2O5S2/c1-19-16(20)14(10-2-6-12(17)7-3-10)15(26(19,23)24)11-4-8-13(9-5-11)25(18,21)22/h2-9H,1H3,(H2,18,21,22). The zero-order chi connectivity index (χ0) is 19.3. The van der Waals surface area contributed by atoms with Crippen molar-refractivity contribution < 1.29 is 26.0 Å². The van der Waals surface area contributed by atoms with Crippen LogP contribution in [-0.4, -0.2) is 34.1 Å². The highest BCUT2D eigenvalue weighted by molar-refractivity contribution is 8.00. The highest BCUT2D eigenvalue weighted by atomic mass is 32.2. The van der Waals surface area contributed by atoms with Gasteiger partial charge in [0.25, 0.3) is 15.9 Å². The van der Waals surface area contributed by atoms with E-state index in [4.69, 9.17) is 5.14 Å². The highest BCUT2D eigenvalue weighted by Crippen LogP contribution is 2.39. The van der Waals surface area contributed by atoms with E-state index in [-0.39, 0.29) is 26.5 Å². The minimum absolute atomic E-state index is 0.115. The smallest absolute Gasteiger partial charge is 0.268 e. The number of nitrogens with two attached hydrogens (primary N) is 1. The lowest BCUT2D eigenvalue weighted by molar-refractivity contribution is -0.119. The van der Waals surface area contributed by atoms with E-state index in [0.717, 1.165) is 31.3 Å². The predicted molar refractivity (Wildman–Crippen MR) is 92.7 cm³/mol. The Kier molecular flexibility index (Phi) is 4.21. The molecule has 0 spiro atoms. The fourth-order valence-electron chi connectivity index (χ4n) is 2.59. The predicted octanol–water partition coefficient (Wildman–Crippen LogP) is 1.14. The van der Waals surface area contributed by atoms with E-state index in [1.807, 2.05) is 0 Å². The van der Waals surface area contributed by atoms with E-state index in [2.05, 4.69) is 0 Å². The molecule has 136 valence electrons. The molecular weight excluding hydrogens is 383 g/mol. The van der Waals surface area contributed by atoms with Gasteiger partial charge in [-0.25, -0.2) is 30.7 Å². The van der Waals surface area contributed by atoms with Crippen LogP contribution in [0.3, 0.4) is 0 Å². The molecule has 2 N–H and O–H groups in total. The summed E-state index contributed by atoms with van der Waals surface area (Å²) in [6, 6.07) is 9.64. The van der Waals surface area contributed by atoms with Crippen LogP contribution in [0.1, 0.15) is 11.1 Å². The van der Waals surface area contributed by atoms with Crippen molar-refractivity contribution in [1.82, 2.24) is 4.31 Å². The summed E-state index contributed by atoms with van der Waals surface area (Å²) in [6.45, 7) is 0. The molecule has 0 atom stereocenters. The third-order valence-electron chi connectivity index (χ3n) is 3.92. The van der Waals surface area contributed by atoms with Crippen LogP contribution in [0.15, 0.2) is 53.4 Å². The molecular formula is C16H13FN2O5S2. The number of nitrogens with zero attached hydrogens (tertiary/aromatic N) is 1. The summed E-state index contributed by atoms with van der Waals surface area (Å²) < 4.78 is 61.8. The van der Waals surface area contributed by atoms with E-state index in [9.17, 15) is 26.0 Å². The summed E-state index contributed by atoms with van der Waals surface area (Å²) in [5.41, 5.74) is 0.236. The Morgan fingerprint density at radius 1 is 0.962 bits per heavy atom. The first kappa shape index (κ1) is 18.2. The van der Waals surface area contributed by atoms with Gasteiger partial charge in [-0.05, 0) is 35.4 Å². The third-order valence-corrected chi connectivity index (χ3v) is 6.70. The Labute approximate surface area is 149 Å². The molecule has 26 heavy (non-hydrogen) atoms. The average Bonchev–Trinajstić information content (AvgIpc) is 2.75. The maximum atomic E-state index is 13.2. The molecule has 0 fully saturated rings. The zero-order valence-corrected chi connectivity index (χ0v) is 15.0. The normalized spacial score (nSPS) is 17.0. The van der Waals surface area contributed by atoms with Crippen LogP contribution in [-0.2, 0) is 24.8 Å². The van der Waals surface area contributed by atoms with Gasteiger partial charge >= 0.3 is 0 Å². The van der Waals surface area contributed by atoms with Crippen molar-refractivity contribution in [2.75, 3.05) is 7.05 Å². The summed E-state index contributed by atoms with van der Waals surface area (Å²) in [5.74, 6) is -1.29. The number of carbonyl (C=O) groups is 1. The van der Waals surface area contributed by atoms with Crippen LogP contribution >= 0.6 is 0 Å². The lowest BCUT2D eigenvalue weighted by atomic mass is 10.0. The Morgan fingerprint density at radius 2 is 1.46 bits per heavy atom. The van der Waals surface area contributed by atoms with Gasteiger partial charge in [-0.1, -0.05) is 24.3 Å². The van der Waals surface area contributed by atoms with Crippen LogP contribution in [0.4, 0.5) is 4.39 Å². The van der Waals surface area contributed by atoms with Crippen LogP contribution in [0.25, 0.3) is 10.5 Å². The second-order valence-corrected chi connectivity index (χ2v) is 9.03. The first-order valence-electron chi connectivity index (χ1n) is 7.20. The average molecular weight is 396 g/mol. The maximum Gasteiger partial charge on any atom is 0.269 e. The summed E-state index contributed by atoms with van der Waals surface area (Å²) in [6.07, 6.45) is 0. The first-order chi connectivity index (χ1) is 12.0. The molecule has 0 aromatic heterocycles. The number of likely N-dealkylation sites (N-methyl/N-ethyl adjacent to an activating group) is 1. The quantitative estimate of drug-likeness (QED) is 0.836. The van der Waals surface area contributed by atoms with E-state index in [0.29, 0.717) is 4.31 Å². The Morgan fingerprint density at radius 3 is 1.96 bits per heavy atom. The van der Waals surface area contributed by atoms with Gasteiger partial charge in [0.1, 0.15) is 10.7 Å². The summed E-state index contributed by atoms with van der Waals surface area (Å²) in [5, 5.41) is 5.03. The third kappa shape index (κ3) is 2.91. The Balaban J connectivity index is 2.28. The van der Waals surface area contributed by atoms with E-state index < -0.39 is 31.8 Å². The number of halogens is 1. The SMILES string of the molecule is CN1C(=O)C(c2ccc(F)cc2)=C(c2ccc(S(N)(=O)=O)cc2)S1(=O)=O. The van der Waals surface area contributed by atoms with Crippen molar-refractivity contribution in [2.45, 2.75) is 4.90 Å². The number of primary sulfonamides is 1. The van der Waals surface area contributed by atoms with Crippen molar-refractivity contribution >= 4 is 36.4 Å². The highest BCUT2D eigenvalue weighted by Gasteiger charge is 2.42. The van der Waals surface area contributed by atoms with Gasteiger partial charge in [0.2, 0.25) is 10.0 Å². The lowest BCUT2D eigenvalue weighted by Crippen LogP contribution is -2.26. The lowest BCUT2D eigenvalue weighted by Gasteiger charge is -2.10. The van der Waals surface area contributed by atoms with Gasteiger partial charge in [-0.3, -0.25) is 4.79 Å². The molecule has 1 aliphatic rings. The van der Waals surface area contributed by atoms with E-state index in [1.54, 1.807) is 0 Å². The number of benzene rings is 2. The van der Waals surface area contributed by atoms with E-state index >= 15 is 0 Å². The molecule has 0 saturated carbocycles. The van der Waals surface area contributed by atoms with Crippen LogP contribution in [0, 0.1) is 5.82 Å². The van der Waals surface area contributed by atoms with Crippen molar-refractivity contribution in [1.29, 1.82) is 0 Å². The Hall–Kier alpha value is -2.56. The molecule has 0 aliphatic carbocycles. The van der Waals surface area contributed by atoms with Gasteiger partial charge in [0, 0.05) is 7.05 Å². The molecule has 3 rings (SSSR count). The molecule has 2 aromatic carbocycles. The fourth-order valence-corrected chi connectivity index (χ4v) is 4.59. The topological polar surface area (TPSA) is 115 Å². The molecule has 1 aliphatic heterocycles. The minimum atomic E-state index is -4.13. The minimum Gasteiger partial charge on any atom is -0.268 e. The van der Waals surface area contributed by atoms with E-state index in [1.165, 1.54) is 24.3 Å². The monoisotopic (exact) mass is 396 g/mol. The first-order valence-corrected chi connectivity index (χ1v) is 10.2. The van der Waals surface area contributed by atoms with Gasteiger partial charge in [0.15, 0.2) is 0 Å². The second kappa shape index (κ2) is 6.01. The van der Waals surface area contributed by atoms with Crippen molar-refractivity contribution in [2.24, 2.45) is 5.14 Å². The Bertz CT molecular complexity index is 1140. The molecule has 10 heteroatoms. The van der Waals surface area contributed by atoms with Gasteiger partial charge in [-0.15, -0.1) is 0 Å². The number of rotatable bonds is 3. The molecule has 0 unspecified atom stereocenters. The summed E-state index contributed by atoms with van der Waals surface area (Å²) in [7, 11) is -6.97. The number of hydrogen-bond acceptors (Lipinski definition) is 5. The zero-order valence-electron chi connectivity index (χ0n) is 13.4. The van der Waals surface area contributed by atoms with Crippen molar-refractivity contribution in [3.05, 3.63) is 65.5 Å². The number of carbonyl (C=O) groups excluding carboxylic acids is 1. The molecule has 0 saturated heterocycles. The molecule has 1 amide bonds. The summed E-state index contributed by atoms with van der Waals surface area (Å²) >= 11 is 0. The number of hydrogen-bond donors (Lipinski definition) is 1. The number of amides is 1. The molecule has 0 radical (unpaired) electrons. The van der Waals surface area contributed by atoms with Crippen LogP contribution in [0.5, 0.6) is 0 Å². The fraction of sp³-hybridized carbons (Fsp3) is 0.0625. The van der Waals surface area contributed by atoms with Crippen molar-refractivity contribution in [3.63, 3.8) is 0 Å². The van der Waals surface area contributed by atoms with Gasteiger partial charge in [0.05, 0.1) is 10.5 Å². The number of sulfonamides is 2. The second-order valence-electron chi connectivity index (χ2n) is 5.56. The molecule has 2 aromatic rings. The molecule has 7 nitrogen and oxygen atoms in total. The van der Waals surface area contributed by atoms with Crippen LogP contribution in [0.2, 0.25) is 0 Å².